The zero-order valence-electron chi connectivity index (χ0n) is 18.7. The van der Waals surface area contributed by atoms with Crippen molar-refractivity contribution in [1.82, 2.24) is 15.5 Å². The molecule has 2 amide bonds. The summed E-state index contributed by atoms with van der Waals surface area (Å²) >= 11 is 4.72. The fourth-order valence-corrected chi connectivity index (χ4v) is 4.41. The highest BCUT2D eigenvalue weighted by Crippen LogP contribution is 2.27. The molecule has 3 aromatic rings. The third-order valence-corrected chi connectivity index (χ3v) is 6.60. The average Bonchev–Trinajstić information content (AvgIpc) is 3.28. The minimum absolute atomic E-state index is 0.101. The van der Waals surface area contributed by atoms with Crippen LogP contribution >= 0.6 is 27.3 Å². The molecule has 1 aromatic heterocycles. The molecule has 0 aliphatic rings. The van der Waals surface area contributed by atoms with E-state index in [0.29, 0.717) is 23.0 Å². The lowest BCUT2D eigenvalue weighted by Crippen LogP contribution is -2.45. The van der Waals surface area contributed by atoms with Crippen LogP contribution in [0.2, 0.25) is 0 Å². The Hall–Kier alpha value is -2.58. The molecule has 1 atom stereocenters. The number of aromatic nitrogens is 2. The normalized spacial score (nSPS) is 11.7. The van der Waals surface area contributed by atoms with Crippen LogP contribution in [-0.4, -0.2) is 28.1 Å². The van der Waals surface area contributed by atoms with Crippen molar-refractivity contribution in [1.29, 1.82) is 0 Å². The molecule has 0 unspecified atom stereocenters. The van der Waals surface area contributed by atoms with Crippen LogP contribution in [0, 0.1) is 0 Å². The number of amides is 2. The number of rotatable bonds is 12. The van der Waals surface area contributed by atoms with Crippen molar-refractivity contribution in [3.63, 3.8) is 0 Å². The summed E-state index contributed by atoms with van der Waals surface area (Å²) < 4.78 is 0.981. The third-order valence-electron chi connectivity index (χ3n) is 5.19. The molecular weight excluding hydrogens is 500 g/mol. The molecule has 0 saturated heterocycles. The number of anilines is 1. The van der Waals surface area contributed by atoms with E-state index in [-0.39, 0.29) is 11.8 Å². The lowest BCUT2D eigenvalue weighted by Gasteiger charge is -2.18. The van der Waals surface area contributed by atoms with Crippen LogP contribution in [0.25, 0.3) is 10.6 Å². The number of nitrogens with one attached hydrogen (secondary N) is 2. The number of halogens is 1. The fourth-order valence-electron chi connectivity index (χ4n) is 3.39. The first-order chi connectivity index (χ1) is 16.0. The molecule has 2 aromatic carbocycles. The predicted molar refractivity (Wildman–Crippen MR) is 137 cm³/mol. The molecule has 33 heavy (non-hydrogen) atoms. The summed E-state index contributed by atoms with van der Waals surface area (Å²) in [5.74, 6) is -0.396. The Bertz CT molecular complexity index is 1020. The van der Waals surface area contributed by atoms with Crippen LogP contribution in [0.1, 0.15) is 51.0 Å². The highest BCUT2D eigenvalue weighted by molar-refractivity contribution is 9.10. The molecule has 0 aliphatic heterocycles. The molecule has 2 N–H and O–H groups in total. The van der Waals surface area contributed by atoms with Gasteiger partial charge in [0.05, 0.1) is 0 Å². The molecule has 174 valence electrons. The van der Waals surface area contributed by atoms with E-state index in [1.54, 1.807) is 0 Å². The maximum Gasteiger partial charge on any atom is 0.249 e. The van der Waals surface area contributed by atoms with E-state index < -0.39 is 6.04 Å². The van der Waals surface area contributed by atoms with Crippen molar-refractivity contribution >= 4 is 44.2 Å². The van der Waals surface area contributed by atoms with Gasteiger partial charge in [-0.3, -0.25) is 14.9 Å². The molecule has 0 bridgehead atoms. The second-order valence-corrected chi connectivity index (χ2v) is 9.78. The van der Waals surface area contributed by atoms with E-state index in [4.69, 9.17) is 0 Å². The van der Waals surface area contributed by atoms with Gasteiger partial charge in [0, 0.05) is 22.9 Å². The summed E-state index contributed by atoms with van der Waals surface area (Å²) in [7, 11) is 0. The lowest BCUT2D eigenvalue weighted by atomic mass is 10.0. The van der Waals surface area contributed by atoms with Crippen LogP contribution in [-0.2, 0) is 16.0 Å². The number of benzene rings is 2. The van der Waals surface area contributed by atoms with Gasteiger partial charge in [0.1, 0.15) is 11.0 Å². The summed E-state index contributed by atoms with van der Waals surface area (Å²) in [5.41, 5.74) is 1.90. The third kappa shape index (κ3) is 8.37. The van der Waals surface area contributed by atoms with Gasteiger partial charge in [-0.15, -0.1) is 10.2 Å². The highest BCUT2D eigenvalue weighted by Gasteiger charge is 2.22. The Morgan fingerprint density at radius 2 is 1.70 bits per heavy atom. The van der Waals surface area contributed by atoms with Crippen molar-refractivity contribution in [2.45, 2.75) is 57.9 Å². The number of nitrogens with zero attached hydrogens (tertiary/aromatic N) is 2. The van der Waals surface area contributed by atoms with Gasteiger partial charge in [-0.05, 0) is 24.1 Å². The number of unbranched alkanes of at least 4 members (excludes halogenated alkanes) is 4. The predicted octanol–water partition coefficient (Wildman–Crippen LogP) is 5.99. The number of hydrogen-bond acceptors (Lipinski definition) is 5. The van der Waals surface area contributed by atoms with Crippen molar-refractivity contribution in [3.8, 4) is 10.6 Å². The van der Waals surface area contributed by atoms with Crippen LogP contribution in [0.15, 0.2) is 59.1 Å². The van der Waals surface area contributed by atoms with E-state index in [0.717, 1.165) is 34.9 Å². The molecule has 3 rings (SSSR count). The first kappa shape index (κ1) is 25.1. The quantitative estimate of drug-likeness (QED) is 0.282. The molecule has 1 heterocycles. The van der Waals surface area contributed by atoms with Crippen LogP contribution in [0.3, 0.4) is 0 Å². The van der Waals surface area contributed by atoms with Gasteiger partial charge in [-0.25, -0.2) is 0 Å². The van der Waals surface area contributed by atoms with Crippen LogP contribution in [0.4, 0.5) is 5.13 Å². The number of carbonyl (C=O) groups is 2. The minimum Gasteiger partial charge on any atom is -0.344 e. The second kappa shape index (κ2) is 13.2. The van der Waals surface area contributed by atoms with Gasteiger partial charge in [0.15, 0.2) is 0 Å². The van der Waals surface area contributed by atoms with Gasteiger partial charge >= 0.3 is 0 Å². The van der Waals surface area contributed by atoms with E-state index in [2.05, 4.69) is 43.7 Å². The Morgan fingerprint density at radius 1 is 0.970 bits per heavy atom. The standard InChI is InChI=1S/C25H29BrN4O2S/c1-2-3-4-5-9-12-22(31)27-21(17-18-10-7-6-8-11-18)23(32)28-25-30-29-24(33-25)19-13-15-20(26)16-14-19/h6-8,10-11,13-16,21H,2-5,9,12,17H2,1H3,(H,27,31)(H,28,30,32)/t21-/m0/s1. The SMILES string of the molecule is CCCCCCCC(=O)N[C@@H](Cc1ccccc1)C(=O)Nc1nnc(-c2ccc(Br)cc2)s1. The minimum atomic E-state index is -0.685. The average molecular weight is 530 g/mol. The maximum absolute atomic E-state index is 13.1. The van der Waals surface area contributed by atoms with E-state index in [1.165, 1.54) is 24.2 Å². The monoisotopic (exact) mass is 528 g/mol. The van der Waals surface area contributed by atoms with Crippen molar-refractivity contribution in [3.05, 3.63) is 64.6 Å². The zero-order valence-corrected chi connectivity index (χ0v) is 21.1. The topological polar surface area (TPSA) is 84.0 Å². The molecule has 0 saturated carbocycles. The molecule has 0 spiro atoms. The molecular formula is C25H29BrN4O2S. The summed E-state index contributed by atoms with van der Waals surface area (Å²) in [4.78, 5) is 25.6. The van der Waals surface area contributed by atoms with Crippen molar-refractivity contribution in [2.24, 2.45) is 0 Å². The number of carbonyl (C=O) groups excluding carboxylic acids is 2. The fraction of sp³-hybridized carbons (Fsp3) is 0.360. The molecule has 0 aliphatic carbocycles. The van der Waals surface area contributed by atoms with Crippen LogP contribution < -0.4 is 10.6 Å². The van der Waals surface area contributed by atoms with Crippen LogP contribution in [0.5, 0.6) is 0 Å². The Morgan fingerprint density at radius 3 is 2.42 bits per heavy atom. The van der Waals surface area contributed by atoms with Gasteiger partial charge in [-0.2, -0.15) is 0 Å². The molecule has 0 radical (unpaired) electrons. The Balaban J connectivity index is 1.63. The summed E-state index contributed by atoms with van der Waals surface area (Å²) in [6, 6.07) is 16.7. The summed E-state index contributed by atoms with van der Waals surface area (Å²) in [5, 5.41) is 15.2. The Labute approximate surface area is 207 Å². The van der Waals surface area contributed by atoms with Gasteiger partial charge in [-0.1, -0.05) is 102 Å². The van der Waals surface area contributed by atoms with Crippen molar-refractivity contribution in [2.75, 3.05) is 5.32 Å². The van der Waals surface area contributed by atoms with E-state index >= 15 is 0 Å². The Kier molecular flexibility index (Phi) is 10.0. The van der Waals surface area contributed by atoms with Gasteiger partial charge < -0.3 is 5.32 Å². The zero-order chi connectivity index (χ0) is 23.5. The first-order valence-corrected chi connectivity index (χ1v) is 12.9. The van der Waals surface area contributed by atoms with E-state index in [9.17, 15) is 9.59 Å². The maximum atomic E-state index is 13.1. The largest absolute Gasteiger partial charge is 0.344 e. The molecule has 6 nitrogen and oxygen atoms in total. The summed E-state index contributed by atoms with van der Waals surface area (Å²) in [6.07, 6.45) is 6.18. The van der Waals surface area contributed by atoms with E-state index in [1.807, 2.05) is 54.6 Å². The highest BCUT2D eigenvalue weighted by atomic mass is 79.9. The lowest BCUT2D eigenvalue weighted by molar-refractivity contribution is -0.126. The second-order valence-electron chi connectivity index (χ2n) is 7.88. The van der Waals surface area contributed by atoms with Crippen molar-refractivity contribution < 1.29 is 9.59 Å². The molecule has 8 heteroatoms. The van der Waals surface area contributed by atoms with Gasteiger partial charge in [0.25, 0.3) is 0 Å². The number of hydrogen-bond donors (Lipinski definition) is 2. The molecule has 0 fully saturated rings. The smallest absolute Gasteiger partial charge is 0.249 e. The van der Waals surface area contributed by atoms with Gasteiger partial charge in [0.2, 0.25) is 16.9 Å². The summed E-state index contributed by atoms with van der Waals surface area (Å²) in [6.45, 7) is 2.17. The first-order valence-electron chi connectivity index (χ1n) is 11.3.